The van der Waals surface area contributed by atoms with Gasteiger partial charge in [0.1, 0.15) is 0 Å². The minimum atomic E-state index is -2.79. The largest absolute Gasteiger partial charge is 0.306 e. The molecule has 0 radical (unpaired) electrons. The lowest BCUT2D eigenvalue weighted by molar-refractivity contribution is 0.458. The van der Waals surface area contributed by atoms with Crippen molar-refractivity contribution in [3.8, 4) is 0 Å². The molecule has 1 saturated heterocycles. The molecule has 0 spiro atoms. The SMILES string of the molecule is O=S1(=O)CCC(NC2CCc3c(Br)cccc32)C1. The molecular formula is C13H16BrNO2S. The van der Waals surface area contributed by atoms with Crippen molar-refractivity contribution in [3.63, 3.8) is 0 Å². The third-order valence-corrected chi connectivity index (χ3v) is 6.39. The molecule has 2 aliphatic rings. The summed E-state index contributed by atoms with van der Waals surface area (Å²) in [6.07, 6.45) is 2.88. The van der Waals surface area contributed by atoms with Gasteiger partial charge in [0, 0.05) is 16.6 Å². The fourth-order valence-corrected chi connectivity index (χ4v) is 5.26. The van der Waals surface area contributed by atoms with Gasteiger partial charge in [-0.3, -0.25) is 0 Å². The summed E-state index contributed by atoms with van der Waals surface area (Å²) in [6, 6.07) is 6.71. The Morgan fingerprint density at radius 2 is 2.11 bits per heavy atom. The minimum absolute atomic E-state index is 0.130. The summed E-state index contributed by atoms with van der Waals surface area (Å²) < 4.78 is 24.1. The first-order valence-corrected chi connectivity index (χ1v) is 8.90. The number of hydrogen-bond acceptors (Lipinski definition) is 3. The summed E-state index contributed by atoms with van der Waals surface area (Å²) in [4.78, 5) is 0. The van der Waals surface area contributed by atoms with Gasteiger partial charge in [-0.15, -0.1) is 0 Å². The highest BCUT2D eigenvalue weighted by atomic mass is 79.9. The van der Waals surface area contributed by atoms with E-state index in [1.54, 1.807) is 0 Å². The Kier molecular flexibility index (Phi) is 3.24. The molecule has 2 atom stereocenters. The normalized spacial score (nSPS) is 29.4. The number of nitrogens with one attached hydrogen (secondary N) is 1. The predicted octanol–water partition coefficient (Wildman–Crippen LogP) is 2.21. The van der Waals surface area contributed by atoms with Crippen LogP contribution in [0, 0.1) is 0 Å². The smallest absolute Gasteiger partial charge is 0.151 e. The van der Waals surface area contributed by atoms with E-state index in [4.69, 9.17) is 0 Å². The molecule has 1 aliphatic carbocycles. The maximum absolute atomic E-state index is 11.5. The van der Waals surface area contributed by atoms with Crippen LogP contribution in [0.3, 0.4) is 0 Å². The molecule has 1 aromatic rings. The van der Waals surface area contributed by atoms with E-state index in [0.29, 0.717) is 17.5 Å². The summed E-state index contributed by atoms with van der Waals surface area (Å²) in [7, 11) is -2.79. The summed E-state index contributed by atoms with van der Waals surface area (Å²) in [5, 5.41) is 3.52. The second kappa shape index (κ2) is 4.62. The molecule has 1 heterocycles. The number of sulfone groups is 1. The van der Waals surface area contributed by atoms with Gasteiger partial charge in [0.25, 0.3) is 0 Å². The van der Waals surface area contributed by atoms with Crippen molar-refractivity contribution < 1.29 is 8.42 Å². The van der Waals surface area contributed by atoms with Crippen molar-refractivity contribution in [2.75, 3.05) is 11.5 Å². The molecule has 5 heteroatoms. The van der Waals surface area contributed by atoms with E-state index >= 15 is 0 Å². The summed E-state index contributed by atoms with van der Waals surface area (Å²) in [6.45, 7) is 0. The Morgan fingerprint density at radius 1 is 1.28 bits per heavy atom. The first kappa shape index (κ1) is 12.6. The standard InChI is InChI=1S/C13H16BrNO2S/c14-12-3-1-2-11-10(12)4-5-13(11)15-9-6-7-18(16,17)8-9/h1-3,9,13,15H,4-8H2. The van der Waals surface area contributed by atoms with Gasteiger partial charge in [0.15, 0.2) is 9.84 Å². The molecule has 0 saturated carbocycles. The van der Waals surface area contributed by atoms with Crippen molar-refractivity contribution in [2.45, 2.75) is 31.3 Å². The summed E-state index contributed by atoms with van der Waals surface area (Å²) in [5.74, 6) is 0.634. The van der Waals surface area contributed by atoms with Crippen LogP contribution in [0.2, 0.25) is 0 Å². The Bertz CT molecular complexity index is 570. The second-order valence-electron chi connectivity index (χ2n) is 5.17. The van der Waals surface area contributed by atoms with Crippen LogP contribution in [0.5, 0.6) is 0 Å². The molecule has 1 aliphatic heterocycles. The van der Waals surface area contributed by atoms with Crippen LogP contribution in [-0.4, -0.2) is 26.0 Å². The van der Waals surface area contributed by atoms with Crippen molar-refractivity contribution in [1.82, 2.24) is 5.32 Å². The molecule has 0 amide bonds. The highest BCUT2D eigenvalue weighted by molar-refractivity contribution is 9.10. The Balaban J connectivity index is 1.76. The molecule has 0 aromatic heterocycles. The maximum Gasteiger partial charge on any atom is 0.151 e. The van der Waals surface area contributed by atoms with Gasteiger partial charge >= 0.3 is 0 Å². The number of hydrogen-bond donors (Lipinski definition) is 1. The fraction of sp³-hybridized carbons (Fsp3) is 0.538. The highest BCUT2D eigenvalue weighted by Crippen LogP contribution is 2.36. The second-order valence-corrected chi connectivity index (χ2v) is 8.25. The van der Waals surface area contributed by atoms with Crippen LogP contribution in [0.25, 0.3) is 0 Å². The zero-order chi connectivity index (χ0) is 12.8. The summed E-state index contributed by atoms with van der Waals surface area (Å²) >= 11 is 3.58. The molecule has 2 unspecified atom stereocenters. The van der Waals surface area contributed by atoms with Crippen LogP contribution in [-0.2, 0) is 16.3 Å². The lowest BCUT2D eigenvalue weighted by atomic mass is 10.1. The lowest BCUT2D eigenvalue weighted by Gasteiger charge is -2.18. The van der Waals surface area contributed by atoms with E-state index in [1.807, 2.05) is 6.07 Å². The molecule has 1 N–H and O–H groups in total. The Labute approximate surface area is 116 Å². The number of rotatable bonds is 2. The van der Waals surface area contributed by atoms with E-state index in [0.717, 1.165) is 19.3 Å². The van der Waals surface area contributed by atoms with Gasteiger partial charge in [-0.05, 0) is 36.5 Å². The Hall–Kier alpha value is -0.390. The van der Waals surface area contributed by atoms with Crippen molar-refractivity contribution >= 4 is 25.8 Å². The highest BCUT2D eigenvalue weighted by Gasteiger charge is 2.32. The molecule has 3 nitrogen and oxygen atoms in total. The van der Waals surface area contributed by atoms with Gasteiger partial charge in [-0.1, -0.05) is 28.1 Å². The molecule has 3 rings (SSSR count). The third-order valence-electron chi connectivity index (χ3n) is 3.88. The van der Waals surface area contributed by atoms with Gasteiger partial charge in [0.2, 0.25) is 0 Å². The van der Waals surface area contributed by atoms with Crippen LogP contribution in [0.4, 0.5) is 0 Å². The van der Waals surface area contributed by atoms with E-state index in [-0.39, 0.29) is 6.04 Å². The first-order chi connectivity index (χ1) is 8.55. The topological polar surface area (TPSA) is 46.2 Å². The van der Waals surface area contributed by atoms with E-state index in [1.165, 1.54) is 15.6 Å². The molecule has 18 heavy (non-hydrogen) atoms. The predicted molar refractivity (Wildman–Crippen MR) is 75.4 cm³/mol. The van der Waals surface area contributed by atoms with Gasteiger partial charge < -0.3 is 5.32 Å². The maximum atomic E-state index is 11.5. The Morgan fingerprint density at radius 3 is 2.83 bits per heavy atom. The molecule has 0 bridgehead atoms. The van der Waals surface area contributed by atoms with Crippen molar-refractivity contribution in [2.24, 2.45) is 0 Å². The van der Waals surface area contributed by atoms with Crippen LogP contribution < -0.4 is 5.32 Å². The van der Waals surface area contributed by atoms with Gasteiger partial charge in [-0.2, -0.15) is 0 Å². The first-order valence-electron chi connectivity index (χ1n) is 6.29. The summed E-state index contributed by atoms with van der Waals surface area (Å²) in [5.41, 5.74) is 2.70. The van der Waals surface area contributed by atoms with Crippen molar-refractivity contribution in [3.05, 3.63) is 33.8 Å². The van der Waals surface area contributed by atoms with E-state index < -0.39 is 9.84 Å². The zero-order valence-corrected chi connectivity index (χ0v) is 12.4. The third kappa shape index (κ3) is 2.36. The molecule has 1 aromatic carbocycles. The molecule has 98 valence electrons. The van der Waals surface area contributed by atoms with E-state index in [2.05, 4.69) is 33.4 Å². The monoisotopic (exact) mass is 329 g/mol. The van der Waals surface area contributed by atoms with E-state index in [9.17, 15) is 8.42 Å². The lowest BCUT2D eigenvalue weighted by Crippen LogP contribution is -2.32. The number of halogens is 1. The van der Waals surface area contributed by atoms with Crippen LogP contribution in [0.15, 0.2) is 22.7 Å². The number of fused-ring (bicyclic) bond motifs is 1. The average Bonchev–Trinajstić information content (AvgIpc) is 2.85. The number of benzene rings is 1. The zero-order valence-electron chi connectivity index (χ0n) is 10.0. The van der Waals surface area contributed by atoms with Crippen LogP contribution >= 0.6 is 15.9 Å². The van der Waals surface area contributed by atoms with Crippen molar-refractivity contribution in [1.29, 1.82) is 0 Å². The quantitative estimate of drug-likeness (QED) is 0.904. The molecular weight excluding hydrogens is 314 g/mol. The van der Waals surface area contributed by atoms with Gasteiger partial charge in [0.05, 0.1) is 11.5 Å². The molecule has 1 fully saturated rings. The van der Waals surface area contributed by atoms with Gasteiger partial charge in [-0.25, -0.2) is 8.42 Å². The van der Waals surface area contributed by atoms with Crippen LogP contribution in [0.1, 0.15) is 30.0 Å². The minimum Gasteiger partial charge on any atom is -0.306 e. The fourth-order valence-electron chi connectivity index (χ4n) is 2.99. The average molecular weight is 330 g/mol.